The van der Waals surface area contributed by atoms with Gasteiger partial charge in [-0.2, -0.15) is 5.06 Å². The Balaban J connectivity index is 1.39. The lowest BCUT2D eigenvalue weighted by Gasteiger charge is -2.63. The monoisotopic (exact) mass is 595 g/mol. The predicted molar refractivity (Wildman–Crippen MR) is 147 cm³/mol. The molecule has 216 valence electrons. The van der Waals surface area contributed by atoms with Crippen LogP contribution in [0.15, 0.2) is 48.1 Å². The van der Waals surface area contributed by atoms with Crippen LogP contribution in [0.5, 0.6) is 0 Å². The van der Waals surface area contributed by atoms with E-state index in [4.69, 9.17) is 16.4 Å². The fraction of sp³-hybridized carbons (Fsp3) is 0.600. The van der Waals surface area contributed by atoms with Crippen LogP contribution >= 0.6 is 23.4 Å². The number of carbonyl (C=O) groups excluding carboxylic acids is 2. The van der Waals surface area contributed by atoms with E-state index in [9.17, 15) is 19.1 Å². The highest BCUT2D eigenvalue weighted by molar-refractivity contribution is 8.13. The van der Waals surface area contributed by atoms with Gasteiger partial charge in [0.25, 0.3) is 0 Å². The summed E-state index contributed by atoms with van der Waals surface area (Å²) in [7, 11) is 0. The highest BCUT2D eigenvalue weighted by Crippen LogP contribution is 2.73. The summed E-state index contributed by atoms with van der Waals surface area (Å²) < 4.78 is 46.5. The Labute approximate surface area is 241 Å². The molecule has 1 aromatic rings. The van der Waals surface area contributed by atoms with Crippen molar-refractivity contribution in [1.82, 2.24) is 5.06 Å². The lowest BCUT2D eigenvalue weighted by atomic mass is 9.44. The van der Waals surface area contributed by atoms with Gasteiger partial charge in [0.2, 0.25) is 5.12 Å². The van der Waals surface area contributed by atoms with Gasteiger partial charge < -0.3 is 5.11 Å². The summed E-state index contributed by atoms with van der Waals surface area (Å²) in [6, 6.07) is 7.29. The lowest BCUT2D eigenvalue weighted by molar-refractivity contribution is -0.266. The standard InChI is InChI=1S/C30H33ClF3NO4S/c1-27-8-7-20(36)12-23(27)24(33)13-22-21-11-18-16-35(15-17-3-5-19(31)6-4-17)39-30(18,26(38)40-10-9-32)28(21,2)14-25(37)29(22,27)34/h3-8,12,18,21-22,24-25,37H,9-11,13-16H2,1-2H3/t18-,21-,22-,24-,25-,27-,28-,29-,30-/m0/s1. The van der Waals surface area contributed by atoms with Crippen molar-refractivity contribution in [1.29, 1.82) is 0 Å². The van der Waals surface area contributed by atoms with Crippen LogP contribution in [-0.4, -0.2) is 63.6 Å². The Morgan fingerprint density at radius 1 is 1.23 bits per heavy atom. The average Bonchev–Trinajstić information content (AvgIpc) is 3.39. The zero-order chi connectivity index (χ0) is 28.7. The summed E-state index contributed by atoms with van der Waals surface area (Å²) in [5, 5.41) is 13.6. The van der Waals surface area contributed by atoms with E-state index in [1.54, 1.807) is 24.1 Å². The molecule has 9 atom stereocenters. The maximum atomic E-state index is 17.5. The van der Waals surface area contributed by atoms with Crippen molar-refractivity contribution in [3.63, 3.8) is 0 Å². The number of carbonyl (C=O) groups is 2. The highest BCUT2D eigenvalue weighted by Gasteiger charge is 2.79. The Hall–Kier alpha value is -1.65. The van der Waals surface area contributed by atoms with Gasteiger partial charge in [0, 0.05) is 46.5 Å². The average molecular weight is 596 g/mol. The molecule has 0 spiro atoms. The maximum Gasteiger partial charge on any atom is 0.223 e. The number of alkyl halides is 3. The number of fused-ring (bicyclic) bond motifs is 7. The molecule has 1 heterocycles. The molecule has 4 fully saturated rings. The molecule has 1 aromatic carbocycles. The number of nitrogens with zero attached hydrogens (tertiary/aromatic N) is 1. The second-order valence-electron chi connectivity index (χ2n) is 12.4. The number of halogens is 4. The van der Waals surface area contributed by atoms with Crippen LogP contribution in [0.25, 0.3) is 0 Å². The van der Waals surface area contributed by atoms with Crippen molar-refractivity contribution in [2.24, 2.45) is 28.6 Å². The Kier molecular flexibility index (Phi) is 6.90. The molecule has 1 N–H and O–H groups in total. The van der Waals surface area contributed by atoms with Crippen LogP contribution in [0.4, 0.5) is 13.2 Å². The first-order valence-corrected chi connectivity index (χ1v) is 15.1. The van der Waals surface area contributed by atoms with Gasteiger partial charge in [0.15, 0.2) is 17.1 Å². The maximum absolute atomic E-state index is 17.5. The molecular weight excluding hydrogens is 563 g/mol. The first-order chi connectivity index (χ1) is 18.9. The number of rotatable bonds is 5. The topological polar surface area (TPSA) is 66.8 Å². The van der Waals surface area contributed by atoms with Crippen molar-refractivity contribution in [2.45, 2.75) is 63.2 Å². The SMILES string of the molecule is C[C@]12C=CC(=O)C=C1[C@@H](F)C[C@H]1[C@@H]3C[C@H]4CN(Cc5ccc(Cl)cc5)O[C@@]4(C(=O)SCCF)[C@@]3(C)C[C@H](O)[C@@]12F. The first-order valence-electron chi connectivity index (χ1n) is 13.8. The summed E-state index contributed by atoms with van der Waals surface area (Å²) in [6.07, 6.45) is 0.858. The number of hydrogen-bond acceptors (Lipinski definition) is 6. The van der Waals surface area contributed by atoms with Gasteiger partial charge in [-0.25, -0.2) is 8.78 Å². The molecule has 5 aliphatic rings. The van der Waals surface area contributed by atoms with E-state index >= 15 is 8.78 Å². The summed E-state index contributed by atoms with van der Waals surface area (Å²) >= 11 is 6.90. The van der Waals surface area contributed by atoms with Crippen molar-refractivity contribution < 1.29 is 32.7 Å². The van der Waals surface area contributed by atoms with Crippen molar-refractivity contribution in [3.8, 4) is 0 Å². The fourth-order valence-corrected chi connectivity index (χ4v) is 9.83. The minimum absolute atomic E-state index is 0.0365. The minimum atomic E-state index is -2.24. The van der Waals surface area contributed by atoms with Crippen molar-refractivity contribution in [3.05, 3.63) is 58.7 Å². The molecule has 5 nitrogen and oxygen atoms in total. The summed E-state index contributed by atoms with van der Waals surface area (Å²) in [4.78, 5) is 32.6. The van der Waals surface area contributed by atoms with Gasteiger partial charge in [-0.15, -0.1) is 0 Å². The van der Waals surface area contributed by atoms with Gasteiger partial charge in [0.05, 0.1) is 12.8 Å². The molecule has 0 bridgehead atoms. The van der Waals surface area contributed by atoms with Crippen molar-refractivity contribution in [2.75, 3.05) is 19.0 Å². The van der Waals surface area contributed by atoms with E-state index in [-0.39, 0.29) is 35.2 Å². The molecule has 0 radical (unpaired) electrons. The van der Waals surface area contributed by atoms with Gasteiger partial charge in [-0.05, 0) is 67.5 Å². The first kappa shape index (κ1) is 28.5. The largest absolute Gasteiger partial charge is 0.390 e. The summed E-state index contributed by atoms with van der Waals surface area (Å²) in [6.45, 7) is 3.49. The lowest BCUT2D eigenvalue weighted by Crippen LogP contribution is -2.70. The summed E-state index contributed by atoms with van der Waals surface area (Å²) in [5.74, 6) is -2.17. The third-order valence-corrected chi connectivity index (χ3v) is 11.7. The van der Waals surface area contributed by atoms with Crippen LogP contribution in [-0.2, 0) is 21.0 Å². The number of hydroxylamine groups is 2. The molecule has 1 saturated heterocycles. The second-order valence-corrected chi connectivity index (χ2v) is 13.9. The molecule has 0 amide bonds. The molecule has 3 saturated carbocycles. The van der Waals surface area contributed by atoms with Crippen LogP contribution in [0, 0.1) is 28.6 Å². The summed E-state index contributed by atoms with van der Waals surface area (Å²) in [5.41, 5.74) is -5.19. The molecule has 0 unspecified atom stereocenters. The van der Waals surface area contributed by atoms with Gasteiger partial charge >= 0.3 is 0 Å². The Morgan fingerprint density at radius 2 is 1.95 bits per heavy atom. The number of aliphatic hydroxyl groups excluding tert-OH is 1. The van der Waals surface area contributed by atoms with E-state index in [2.05, 4.69) is 0 Å². The zero-order valence-corrected chi connectivity index (χ0v) is 24.0. The third kappa shape index (κ3) is 3.73. The van der Waals surface area contributed by atoms with Crippen LogP contribution in [0.3, 0.4) is 0 Å². The number of benzene rings is 1. The molecular formula is C30H33ClF3NO4S. The third-order valence-electron chi connectivity index (χ3n) is 10.6. The minimum Gasteiger partial charge on any atom is -0.390 e. The smallest absolute Gasteiger partial charge is 0.223 e. The van der Waals surface area contributed by atoms with Gasteiger partial charge in [-0.1, -0.05) is 48.5 Å². The van der Waals surface area contributed by atoms with Crippen LogP contribution < -0.4 is 0 Å². The van der Waals surface area contributed by atoms with Crippen molar-refractivity contribution >= 4 is 34.3 Å². The van der Waals surface area contributed by atoms with Gasteiger partial charge in [0.1, 0.15) is 6.17 Å². The molecule has 6 rings (SSSR count). The number of aliphatic hydroxyl groups is 1. The molecule has 0 aromatic heterocycles. The quantitative estimate of drug-likeness (QED) is 0.478. The number of hydrogen-bond donors (Lipinski definition) is 1. The number of allylic oxidation sites excluding steroid dienone is 4. The van der Waals surface area contributed by atoms with E-state index in [0.29, 0.717) is 24.5 Å². The second kappa shape index (κ2) is 9.69. The number of ketones is 1. The molecule has 4 aliphatic carbocycles. The molecule has 1 aliphatic heterocycles. The van der Waals surface area contributed by atoms with Crippen LogP contribution in [0.1, 0.15) is 38.7 Å². The Morgan fingerprint density at radius 3 is 2.65 bits per heavy atom. The van der Waals surface area contributed by atoms with E-state index < -0.39 is 58.7 Å². The van der Waals surface area contributed by atoms with Gasteiger partial charge in [-0.3, -0.25) is 18.8 Å². The van der Waals surface area contributed by atoms with E-state index in [0.717, 1.165) is 17.3 Å². The molecule has 40 heavy (non-hydrogen) atoms. The zero-order valence-electron chi connectivity index (χ0n) is 22.4. The molecule has 10 heteroatoms. The normalized spacial score (nSPS) is 44.0. The number of thioether (sulfide) groups is 1. The fourth-order valence-electron chi connectivity index (χ4n) is 8.79. The van der Waals surface area contributed by atoms with E-state index in [1.807, 2.05) is 19.1 Å². The Bertz CT molecular complexity index is 1290. The van der Waals surface area contributed by atoms with Crippen LogP contribution in [0.2, 0.25) is 5.02 Å². The van der Waals surface area contributed by atoms with E-state index in [1.165, 1.54) is 18.2 Å². The highest BCUT2D eigenvalue weighted by atomic mass is 35.5. The predicted octanol–water partition coefficient (Wildman–Crippen LogP) is 5.60.